The number of rotatable bonds is 5. The zero-order valence-electron chi connectivity index (χ0n) is 22.8. The number of aryl methyl sites for hydroxylation is 1. The van der Waals surface area contributed by atoms with E-state index >= 15 is 0 Å². The molecule has 0 N–H and O–H groups in total. The van der Waals surface area contributed by atoms with Gasteiger partial charge < -0.3 is 9.64 Å². The van der Waals surface area contributed by atoms with E-state index in [-0.39, 0.29) is 5.82 Å². The van der Waals surface area contributed by atoms with Crippen molar-refractivity contribution in [1.82, 2.24) is 0 Å². The largest absolute Gasteiger partial charge is 0.496 e. The molecule has 0 saturated heterocycles. The van der Waals surface area contributed by atoms with Crippen LogP contribution in [-0.2, 0) is 0 Å². The number of methoxy groups -OCH3 is 1. The number of benzene rings is 3. The number of hydrogen-bond donors (Lipinski definition) is 0. The summed E-state index contributed by atoms with van der Waals surface area (Å²) >= 11 is 0. The molecule has 3 aromatic carbocycles. The third kappa shape index (κ3) is 9.59. The van der Waals surface area contributed by atoms with Crippen LogP contribution in [0.4, 0.5) is 10.1 Å². The summed E-state index contributed by atoms with van der Waals surface area (Å²) in [5, 5.41) is 0. The van der Waals surface area contributed by atoms with Gasteiger partial charge in [0.05, 0.1) is 7.11 Å². The summed E-state index contributed by atoms with van der Waals surface area (Å²) in [6.45, 7) is 15.1. The summed E-state index contributed by atoms with van der Waals surface area (Å²) in [5.41, 5.74) is 6.57. The van der Waals surface area contributed by atoms with Crippen LogP contribution in [0.1, 0.15) is 81.5 Å². The van der Waals surface area contributed by atoms with E-state index in [1.165, 1.54) is 34.5 Å². The molecule has 0 unspecified atom stereocenters. The molecule has 3 aromatic rings. The Morgan fingerprint density at radius 2 is 1.32 bits per heavy atom. The highest BCUT2D eigenvalue weighted by Crippen LogP contribution is 2.27. The Kier molecular flexibility index (Phi) is 12.4. The molecule has 0 bridgehead atoms. The van der Waals surface area contributed by atoms with E-state index in [1.54, 1.807) is 13.2 Å². The summed E-state index contributed by atoms with van der Waals surface area (Å²) in [5.74, 6) is 1.99. The minimum absolute atomic E-state index is 0.253. The van der Waals surface area contributed by atoms with Gasteiger partial charge in [-0.3, -0.25) is 0 Å². The highest BCUT2D eigenvalue weighted by molar-refractivity contribution is 5.53. The Morgan fingerprint density at radius 3 is 1.76 bits per heavy atom. The first-order valence-corrected chi connectivity index (χ1v) is 12.1. The van der Waals surface area contributed by atoms with Gasteiger partial charge in [0.2, 0.25) is 0 Å². The van der Waals surface area contributed by atoms with Gasteiger partial charge in [-0.2, -0.15) is 0 Å². The van der Waals surface area contributed by atoms with Crippen LogP contribution < -0.4 is 9.64 Å². The molecular weight excluding hydrogens is 421 g/mol. The average molecular weight is 466 g/mol. The monoisotopic (exact) mass is 465 g/mol. The number of para-hydroxylation sites is 1. The molecule has 0 aliphatic carbocycles. The fraction of sp³-hybridized carbons (Fsp3) is 0.419. The van der Waals surface area contributed by atoms with Crippen LogP contribution in [0.3, 0.4) is 0 Å². The van der Waals surface area contributed by atoms with Crippen LogP contribution in [0.25, 0.3) is 0 Å². The third-order valence-corrected chi connectivity index (χ3v) is 5.57. The van der Waals surface area contributed by atoms with Crippen LogP contribution in [-0.4, -0.2) is 21.2 Å². The molecule has 0 aliphatic heterocycles. The maximum Gasteiger partial charge on any atom is 0.126 e. The molecule has 0 amide bonds. The maximum absolute atomic E-state index is 12.7. The molecule has 0 aromatic heterocycles. The van der Waals surface area contributed by atoms with Crippen molar-refractivity contribution in [1.29, 1.82) is 0 Å². The molecule has 186 valence electrons. The van der Waals surface area contributed by atoms with Crippen molar-refractivity contribution in [3.05, 3.63) is 94.8 Å². The maximum atomic E-state index is 12.7. The molecule has 3 heteroatoms. The fourth-order valence-corrected chi connectivity index (χ4v) is 3.57. The van der Waals surface area contributed by atoms with Crippen molar-refractivity contribution in [2.45, 2.75) is 66.2 Å². The first-order chi connectivity index (χ1) is 16.0. The van der Waals surface area contributed by atoms with Crippen molar-refractivity contribution < 1.29 is 9.13 Å². The van der Waals surface area contributed by atoms with Crippen molar-refractivity contribution in [3.8, 4) is 5.75 Å². The highest BCUT2D eigenvalue weighted by atomic mass is 19.1. The first kappa shape index (κ1) is 29.2. The van der Waals surface area contributed by atoms with E-state index in [4.69, 9.17) is 4.74 Å². The van der Waals surface area contributed by atoms with E-state index in [2.05, 4.69) is 116 Å². The van der Waals surface area contributed by atoms with E-state index in [0.29, 0.717) is 23.5 Å². The van der Waals surface area contributed by atoms with Crippen molar-refractivity contribution in [3.63, 3.8) is 0 Å². The predicted molar refractivity (Wildman–Crippen MR) is 147 cm³/mol. The molecule has 0 aliphatic rings. The van der Waals surface area contributed by atoms with Gasteiger partial charge in [-0.1, -0.05) is 95.6 Å². The summed E-state index contributed by atoms with van der Waals surface area (Å²) in [7, 11) is 5.73. The molecule has 0 radical (unpaired) electrons. The van der Waals surface area contributed by atoms with Gasteiger partial charge >= 0.3 is 0 Å². The standard InChI is InChI=1S/C11H17N.C10H13FO.C10H14/c1-9(2)10-7-5-6-8-11(10)12(3)4;1-7(2)9-5-4-8(11)6-10(9)12-3;1-8(2)10-6-4-5-9(3)7-10/h5-9H,1-4H3;4-7H,1-3H3;4-8H,1-3H3. The van der Waals surface area contributed by atoms with Crippen LogP contribution in [0.2, 0.25) is 0 Å². The lowest BCUT2D eigenvalue weighted by Gasteiger charge is -2.19. The second kappa shape index (κ2) is 14.5. The van der Waals surface area contributed by atoms with E-state index in [0.717, 1.165) is 5.56 Å². The van der Waals surface area contributed by atoms with Crippen LogP contribution in [0.15, 0.2) is 66.7 Å². The predicted octanol–water partition coefficient (Wildman–Crippen LogP) is 8.95. The third-order valence-electron chi connectivity index (χ3n) is 5.57. The normalized spacial score (nSPS) is 10.4. The topological polar surface area (TPSA) is 12.5 Å². The molecule has 0 atom stereocenters. The molecular formula is C31H44FNO. The first-order valence-electron chi connectivity index (χ1n) is 12.1. The summed E-state index contributed by atoms with van der Waals surface area (Å²) in [4.78, 5) is 2.16. The second-order valence-corrected chi connectivity index (χ2v) is 9.72. The van der Waals surface area contributed by atoms with Gasteiger partial charge in [-0.05, 0) is 53.5 Å². The van der Waals surface area contributed by atoms with Crippen molar-refractivity contribution in [2.24, 2.45) is 0 Å². The Labute approximate surface area is 207 Å². The minimum Gasteiger partial charge on any atom is -0.496 e. The molecule has 0 saturated carbocycles. The van der Waals surface area contributed by atoms with Crippen molar-refractivity contribution in [2.75, 3.05) is 26.1 Å². The van der Waals surface area contributed by atoms with Gasteiger partial charge in [-0.15, -0.1) is 0 Å². The van der Waals surface area contributed by atoms with Crippen LogP contribution in [0.5, 0.6) is 5.75 Å². The lowest BCUT2D eigenvalue weighted by atomic mass is 10.0. The number of halogens is 1. The summed E-state index contributed by atoms with van der Waals surface area (Å²) in [6.07, 6.45) is 0. The summed E-state index contributed by atoms with van der Waals surface area (Å²) in [6, 6.07) is 21.8. The quantitative estimate of drug-likeness (QED) is 0.373. The van der Waals surface area contributed by atoms with Crippen LogP contribution >= 0.6 is 0 Å². The zero-order chi connectivity index (χ0) is 25.8. The lowest BCUT2D eigenvalue weighted by Crippen LogP contribution is -2.11. The van der Waals surface area contributed by atoms with E-state index in [9.17, 15) is 4.39 Å². The average Bonchev–Trinajstić information content (AvgIpc) is 2.79. The van der Waals surface area contributed by atoms with Gasteiger partial charge in [0, 0.05) is 25.8 Å². The van der Waals surface area contributed by atoms with Gasteiger partial charge in [0.1, 0.15) is 11.6 Å². The molecule has 2 nitrogen and oxygen atoms in total. The SMILES string of the molecule is CC(C)c1ccccc1N(C)C.COc1cc(F)ccc1C(C)C.Cc1cccc(C(C)C)c1. The lowest BCUT2D eigenvalue weighted by molar-refractivity contribution is 0.404. The second-order valence-electron chi connectivity index (χ2n) is 9.72. The number of hydrogen-bond acceptors (Lipinski definition) is 2. The van der Waals surface area contributed by atoms with Crippen molar-refractivity contribution >= 4 is 5.69 Å². The van der Waals surface area contributed by atoms with Gasteiger partial charge in [-0.25, -0.2) is 4.39 Å². The molecule has 0 heterocycles. The Morgan fingerprint density at radius 1 is 0.706 bits per heavy atom. The molecule has 34 heavy (non-hydrogen) atoms. The number of nitrogens with zero attached hydrogens (tertiary/aromatic N) is 1. The Balaban J connectivity index is 0.000000256. The highest BCUT2D eigenvalue weighted by Gasteiger charge is 2.07. The Bertz CT molecular complexity index is 965. The smallest absolute Gasteiger partial charge is 0.126 e. The number of ether oxygens (including phenoxy) is 1. The number of anilines is 1. The zero-order valence-corrected chi connectivity index (χ0v) is 22.8. The summed E-state index contributed by atoms with van der Waals surface area (Å²) < 4.78 is 17.8. The molecule has 0 fully saturated rings. The van der Waals surface area contributed by atoms with Crippen LogP contribution in [0, 0.1) is 12.7 Å². The molecule has 0 spiro atoms. The van der Waals surface area contributed by atoms with E-state index in [1.807, 2.05) is 0 Å². The van der Waals surface area contributed by atoms with Gasteiger partial charge in [0.25, 0.3) is 0 Å². The van der Waals surface area contributed by atoms with E-state index < -0.39 is 0 Å². The molecule has 3 rings (SSSR count). The Hall–Kier alpha value is -2.81. The fourth-order valence-electron chi connectivity index (χ4n) is 3.57. The van der Waals surface area contributed by atoms with Gasteiger partial charge in [0.15, 0.2) is 0 Å². The minimum atomic E-state index is -0.253.